The molecule has 2 aromatic carbocycles. The summed E-state index contributed by atoms with van der Waals surface area (Å²) in [4.78, 5) is 12.2. The summed E-state index contributed by atoms with van der Waals surface area (Å²) in [6.07, 6.45) is -1.06. The van der Waals surface area contributed by atoms with Crippen LogP contribution in [0.2, 0.25) is 0 Å². The third-order valence-corrected chi connectivity index (χ3v) is 3.01. The van der Waals surface area contributed by atoms with E-state index in [0.29, 0.717) is 11.5 Å². The summed E-state index contributed by atoms with van der Waals surface area (Å²) >= 11 is 0. The molecule has 0 N–H and O–H groups in total. The second-order valence-corrected chi connectivity index (χ2v) is 4.33. The van der Waals surface area contributed by atoms with Crippen molar-refractivity contribution in [3.05, 3.63) is 59.7 Å². The second kappa shape index (κ2) is 4.92. The zero-order valence-corrected chi connectivity index (χ0v) is 10.3. The summed E-state index contributed by atoms with van der Waals surface area (Å²) < 4.78 is 38.0. The molecule has 0 radical (unpaired) electrons. The molecule has 0 bridgehead atoms. The zero-order valence-electron chi connectivity index (χ0n) is 10.3. The molecule has 1 aliphatic rings. The van der Waals surface area contributed by atoms with Crippen molar-refractivity contribution < 1.29 is 23.0 Å². The highest BCUT2D eigenvalue weighted by Crippen LogP contribution is 2.32. The van der Waals surface area contributed by atoms with E-state index >= 15 is 0 Å². The standard InChI is InChI=1S/C15H10F2O3/c16-9-4-3-5-10(17)14(9)15(18)13-8-19-11-6-1-2-7-12(11)20-13/h1-7,13H,8H2. The molecule has 0 saturated heterocycles. The van der Waals surface area contributed by atoms with Gasteiger partial charge in [0.15, 0.2) is 17.6 Å². The Morgan fingerprint density at radius 2 is 1.65 bits per heavy atom. The summed E-state index contributed by atoms with van der Waals surface area (Å²) in [5.41, 5.74) is -0.597. The Kier molecular flexibility index (Phi) is 3.10. The largest absolute Gasteiger partial charge is 0.485 e. The van der Waals surface area contributed by atoms with Gasteiger partial charge < -0.3 is 9.47 Å². The maximum Gasteiger partial charge on any atom is 0.212 e. The lowest BCUT2D eigenvalue weighted by Crippen LogP contribution is -2.37. The van der Waals surface area contributed by atoms with Crippen LogP contribution in [0.5, 0.6) is 11.5 Å². The highest BCUT2D eigenvalue weighted by Gasteiger charge is 2.31. The fourth-order valence-corrected chi connectivity index (χ4v) is 2.04. The molecule has 20 heavy (non-hydrogen) atoms. The number of halogens is 2. The number of ketones is 1. The Morgan fingerprint density at radius 3 is 2.35 bits per heavy atom. The normalized spacial score (nSPS) is 16.8. The number of carbonyl (C=O) groups excluding carboxylic acids is 1. The van der Waals surface area contributed by atoms with E-state index < -0.39 is 29.1 Å². The molecule has 2 aromatic rings. The van der Waals surface area contributed by atoms with Crippen LogP contribution >= 0.6 is 0 Å². The molecule has 1 atom stereocenters. The summed E-state index contributed by atoms with van der Waals surface area (Å²) in [5.74, 6) is -1.69. The number of fused-ring (bicyclic) bond motifs is 1. The van der Waals surface area contributed by atoms with Crippen LogP contribution in [0.1, 0.15) is 10.4 Å². The highest BCUT2D eigenvalue weighted by molar-refractivity contribution is 6.00. The molecule has 0 amide bonds. The predicted octanol–water partition coefficient (Wildman–Crippen LogP) is 2.99. The van der Waals surface area contributed by atoms with Crippen LogP contribution in [0, 0.1) is 11.6 Å². The van der Waals surface area contributed by atoms with Gasteiger partial charge in [0, 0.05) is 0 Å². The van der Waals surface area contributed by atoms with Crippen molar-refractivity contribution in [2.75, 3.05) is 6.61 Å². The van der Waals surface area contributed by atoms with Crippen molar-refractivity contribution in [1.29, 1.82) is 0 Å². The maximum atomic E-state index is 13.6. The summed E-state index contributed by atoms with van der Waals surface area (Å²) in [6, 6.07) is 10.1. The van der Waals surface area contributed by atoms with Crippen LogP contribution in [-0.2, 0) is 0 Å². The first-order chi connectivity index (χ1) is 9.66. The number of Topliss-reactive ketones (excluding diaryl/α,β-unsaturated/α-hetero) is 1. The van der Waals surface area contributed by atoms with Gasteiger partial charge in [0.1, 0.15) is 18.2 Å². The average molecular weight is 276 g/mol. The molecular weight excluding hydrogens is 266 g/mol. The molecule has 0 aliphatic carbocycles. The summed E-state index contributed by atoms with van der Waals surface area (Å²) in [5, 5.41) is 0. The minimum absolute atomic E-state index is 0.0797. The van der Waals surface area contributed by atoms with Crippen LogP contribution in [0.4, 0.5) is 8.78 Å². The van der Waals surface area contributed by atoms with Gasteiger partial charge in [-0.25, -0.2) is 8.78 Å². The molecule has 0 saturated carbocycles. The van der Waals surface area contributed by atoms with Crippen molar-refractivity contribution in [3.63, 3.8) is 0 Å². The first-order valence-corrected chi connectivity index (χ1v) is 6.03. The Morgan fingerprint density at radius 1 is 1.00 bits per heavy atom. The van der Waals surface area contributed by atoms with E-state index in [1.807, 2.05) is 0 Å². The van der Waals surface area contributed by atoms with Crippen LogP contribution in [0.15, 0.2) is 42.5 Å². The molecule has 0 spiro atoms. The fourth-order valence-electron chi connectivity index (χ4n) is 2.04. The van der Waals surface area contributed by atoms with Crippen LogP contribution < -0.4 is 9.47 Å². The van der Waals surface area contributed by atoms with E-state index in [4.69, 9.17) is 9.47 Å². The van der Waals surface area contributed by atoms with Crippen molar-refractivity contribution in [3.8, 4) is 11.5 Å². The number of carbonyl (C=O) groups is 1. The smallest absolute Gasteiger partial charge is 0.212 e. The van der Waals surface area contributed by atoms with E-state index in [1.54, 1.807) is 24.3 Å². The predicted molar refractivity (Wildman–Crippen MR) is 67.0 cm³/mol. The number of ether oxygens (including phenoxy) is 2. The molecule has 5 heteroatoms. The molecule has 3 nitrogen and oxygen atoms in total. The van der Waals surface area contributed by atoms with Crippen LogP contribution in [0.3, 0.4) is 0 Å². The van der Waals surface area contributed by atoms with E-state index in [0.717, 1.165) is 12.1 Å². The van der Waals surface area contributed by atoms with Gasteiger partial charge in [-0.3, -0.25) is 4.79 Å². The Bertz CT molecular complexity index is 650. The van der Waals surface area contributed by atoms with Crippen molar-refractivity contribution in [2.24, 2.45) is 0 Å². The molecule has 1 aliphatic heterocycles. The minimum Gasteiger partial charge on any atom is -0.485 e. The van der Waals surface area contributed by atoms with Crippen LogP contribution in [0.25, 0.3) is 0 Å². The van der Waals surface area contributed by atoms with Gasteiger partial charge in [0.05, 0.1) is 5.56 Å². The Balaban J connectivity index is 1.90. The van der Waals surface area contributed by atoms with Gasteiger partial charge in [0.2, 0.25) is 5.78 Å². The Labute approximate surface area is 113 Å². The molecule has 0 fully saturated rings. The first kappa shape index (κ1) is 12.6. The number of para-hydroxylation sites is 2. The van der Waals surface area contributed by atoms with Crippen molar-refractivity contribution in [1.82, 2.24) is 0 Å². The fraction of sp³-hybridized carbons (Fsp3) is 0.133. The topological polar surface area (TPSA) is 35.5 Å². The molecule has 3 rings (SSSR count). The third kappa shape index (κ3) is 2.11. The molecule has 102 valence electrons. The average Bonchev–Trinajstić information content (AvgIpc) is 2.46. The van der Waals surface area contributed by atoms with Gasteiger partial charge in [-0.15, -0.1) is 0 Å². The number of hydrogen-bond donors (Lipinski definition) is 0. The number of rotatable bonds is 2. The quantitative estimate of drug-likeness (QED) is 0.791. The van der Waals surface area contributed by atoms with Gasteiger partial charge in [-0.1, -0.05) is 18.2 Å². The van der Waals surface area contributed by atoms with Gasteiger partial charge in [-0.05, 0) is 24.3 Å². The summed E-state index contributed by atoms with van der Waals surface area (Å²) in [6.45, 7) is -0.0797. The first-order valence-electron chi connectivity index (χ1n) is 6.03. The van der Waals surface area contributed by atoms with E-state index in [-0.39, 0.29) is 6.61 Å². The van der Waals surface area contributed by atoms with E-state index in [2.05, 4.69) is 0 Å². The number of hydrogen-bond acceptors (Lipinski definition) is 3. The lowest BCUT2D eigenvalue weighted by Gasteiger charge is -2.25. The molecule has 1 heterocycles. The summed E-state index contributed by atoms with van der Waals surface area (Å²) in [7, 11) is 0. The van der Waals surface area contributed by atoms with E-state index in [1.165, 1.54) is 6.07 Å². The third-order valence-electron chi connectivity index (χ3n) is 3.01. The zero-order chi connectivity index (χ0) is 14.1. The lowest BCUT2D eigenvalue weighted by atomic mass is 10.0. The molecule has 1 unspecified atom stereocenters. The van der Waals surface area contributed by atoms with Gasteiger partial charge in [-0.2, -0.15) is 0 Å². The monoisotopic (exact) mass is 276 g/mol. The maximum absolute atomic E-state index is 13.6. The lowest BCUT2D eigenvalue weighted by molar-refractivity contribution is 0.0577. The van der Waals surface area contributed by atoms with E-state index in [9.17, 15) is 13.6 Å². The SMILES string of the molecule is O=C(c1c(F)cccc1F)C1COc2ccccc2O1. The minimum atomic E-state index is -1.06. The molecule has 0 aromatic heterocycles. The second-order valence-electron chi connectivity index (χ2n) is 4.33. The highest BCUT2D eigenvalue weighted by atomic mass is 19.1. The Hall–Kier alpha value is -2.43. The molecular formula is C15H10F2O3. The van der Waals surface area contributed by atoms with Gasteiger partial charge >= 0.3 is 0 Å². The number of benzene rings is 2. The van der Waals surface area contributed by atoms with Gasteiger partial charge in [0.25, 0.3) is 0 Å². The van der Waals surface area contributed by atoms with Crippen molar-refractivity contribution in [2.45, 2.75) is 6.10 Å². The van der Waals surface area contributed by atoms with Crippen LogP contribution in [-0.4, -0.2) is 18.5 Å². The van der Waals surface area contributed by atoms with Crippen molar-refractivity contribution >= 4 is 5.78 Å².